The molecule has 0 aliphatic carbocycles. The van der Waals surface area contributed by atoms with Gasteiger partial charge in [-0.15, -0.1) is 0 Å². The minimum Gasteiger partial charge on any atom is -0.358 e. The second-order valence-corrected chi connectivity index (χ2v) is 6.99. The number of para-hydroxylation sites is 1. The number of nitrogens with one attached hydrogen (secondary N) is 2. The molecule has 0 radical (unpaired) electrons. The molecule has 2 amide bonds. The first kappa shape index (κ1) is 16.3. The smallest absolute Gasteiger partial charge is 0.321 e. The molecule has 0 bridgehead atoms. The number of aromatic amines is 1. The zero-order valence-electron chi connectivity index (χ0n) is 13.5. The number of benzene rings is 2. The van der Waals surface area contributed by atoms with E-state index in [0.717, 1.165) is 12.8 Å². The Hall–Kier alpha value is -2.17. The van der Waals surface area contributed by atoms with E-state index in [1.165, 1.54) is 22.2 Å². The van der Waals surface area contributed by atoms with E-state index in [2.05, 4.69) is 28.5 Å². The quantitative estimate of drug-likeness (QED) is 0.611. The summed E-state index contributed by atoms with van der Waals surface area (Å²) >= 11 is 11.9. The molecule has 0 saturated heterocycles. The fourth-order valence-electron chi connectivity index (χ4n) is 3.34. The Morgan fingerprint density at radius 1 is 1.04 bits per heavy atom. The van der Waals surface area contributed by atoms with Gasteiger partial charge in [-0.05, 0) is 36.2 Å². The number of aromatic nitrogens is 1. The second-order valence-electron chi connectivity index (χ2n) is 6.17. The van der Waals surface area contributed by atoms with E-state index in [-0.39, 0.29) is 6.03 Å². The molecule has 0 saturated carbocycles. The monoisotopic (exact) mass is 373 g/mol. The SMILES string of the molecule is O=C(Nc1ccc(Cl)c(Cl)c1)N1CCc2[nH]c3ccccc3c2CC1. The van der Waals surface area contributed by atoms with Crippen LogP contribution in [-0.4, -0.2) is 29.0 Å². The molecule has 0 atom stereocenters. The fraction of sp³-hybridized carbons (Fsp3) is 0.211. The molecule has 2 heterocycles. The summed E-state index contributed by atoms with van der Waals surface area (Å²) in [7, 11) is 0. The van der Waals surface area contributed by atoms with Gasteiger partial charge >= 0.3 is 6.03 Å². The second kappa shape index (κ2) is 6.62. The number of amides is 2. The van der Waals surface area contributed by atoms with Crippen LogP contribution in [0.15, 0.2) is 42.5 Å². The Labute approximate surface area is 155 Å². The number of hydrogen-bond donors (Lipinski definition) is 2. The number of urea groups is 1. The molecule has 0 spiro atoms. The van der Waals surface area contributed by atoms with Crippen molar-refractivity contribution in [1.29, 1.82) is 0 Å². The van der Waals surface area contributed by atoms with Crippen LogP contribution in [-0.2, 0) is 12.8 Å². The summed E-state index contributed by atoms with van der Waals surface area (Å²) in [6, 6.07) is 13.3. The Balaban J connectivity index is 1.49. The lowest BCUT2D eigenvalue weighted by molar-refractivity contribution is 0.214. The largest absolute Gasteiger partial charge is 0.358 e. The molecule has 128 valence electrons. The van der Waals surface area contributed by atoms with Gasteiger partial charge in [-0.2, -0.15) is 0 Å². The van der Waals surface area contributed by atoms with Crippen molar-refractivity contribution in [2.45, 2.75) is 12.8 Å². The van der Waals surface area contributed by atoms with Gasteiger partial charge in [0.05, 0.1) is 10.0 Å². The van der Waals surface area contributed by atoms with Crippen LogP contribution >= 0.6 is 23.2 Å². The van der Waals surface area contributed by atoms with Crippen LogP contribution in [0.5, 0.6) is 0 Å². The maximum atomic E-state index is 12.6. The van der Waals surface area contributed by atoms with Crippen molar-refractivity contribution in [3.8, 4) is 0 Å². The molecule has 2 N–H and O–H groups in total. The predicted octanol–water partition coefficient (Wildman–Crippen LogP) is 5.11. The normalized spacial score (nSPS) is 14.2. The Kier molecular flexibility index (Phi) is 4.32. The summed E-state index contributed by atoms with van der Waals surface area (Å²) in [6.45, 7) is 1.36. The molecule has 3 aromatic rings. The summed E-state index contributed by atoms with van der Waals surface area (Å²) in [5.74, 6) is 0. The highest BCUT2D eigenvalue weighted by Gasteiger charge is 2.21. The minimum absolute atomic E-state index is 0.118. The number of hydrogen-bond acceptors (Lipinski definition) is 1. The Morgan fingerprint density at radius 2 is 1.84 bits per heavy atom. The lowest BCUT2D eigenvalue weighted by Crippen LogP contribution is -2.36. The third kappa shape index (κ3) is 3.20. The zero-order chi connectivity index (χ0) is 17.4. The maximum absolute atomic E-state index is 12.6. The summed E-state index contributed by atoms with van der Waals surface area (Å²) in [5, 5.41) is 5.05. The van der Waals surface area contributed by atoms with Crippen molar-refractivity contribution in [3.05, 3.63) is 63.8 Å². The highest BCUT2D eigenvalue weighted by atomic mass is 35.5. The molecule has 4 nitrogen and oxygen atoms in total. The van der Waals surface area contributed by atoms with Crippen LogP contribution in [0.1, 0.15) is 11.3 Å². The van der Waals surface area contributed by atoms with Crippen molar-refractivity contribution in [1.82, 2.24) is 9.88 Å². The summed E-state index contributed by atoms with van der Waals surface area (Å²) in [4.78, 5) is 17.9. The number of nitrogens with zero attached hydrogens (tertiary/aromatic N) is 1. The van der Waals surface area contributed by atoms with Gasteiger partial charge < -0.3 is 15.2 Å². The number of rotatable bonds is 1. The third-order valence-electron chi connectivity index (χ3n) is 4.62. The van der Waals surface area contributed by atoms with E-state index in [9.17, 15) is 4.79 Å². The van der Waals surface area contributed by atoms with Gasteiger partial charge in [-0.3, -0.25) is 0 Å². The topological polar surface area (TPSA) is 48.1 Å². The predicted molar refractivity (Wildman–Crippen MR) is 103 cm³/mol. The molecule has 25 heavy (non-hydrogen) atoms. The van der Waals surface area contributed by atoms with Crippen LogP contribution in [0.25, 0.3) is 10.9 Å². The molecule has 1 aliphatic rings. The Morgan fingerprint density at radius 3 is 2.68 bits per heavy atom. The number of fused-ring (bicyclic) bond motifs is 3. The molecule has 6 heteroatoms. The number of carbonyl (C=O) groups is 1. The van der Waals surface area contributed by atoms with E-state index in [1.54, 1.807) is 18.2 Å². The van der Waals surface area contributed by atoms with Crippen LogP contribution in [0.2, 0.25) is 10.0 Å². The van der Waals surface area contributed by atoms with Crippen molar-refractivity contribution < 1.29 is 4.79 Å². The molecule has 0 fully saturated rings. The Bertz CT molecular complexity index is 951. The van der Waals surface area contributed by atoms with Gasteiger partial charge in [-0.25, -0.2) is 4.79 Å². The van der Waals surface area contributed by atoms with Crippen LogP contribution in [0.4, 0.5) is 10.5 Å². The zero-order valence-corrected chi connectivity index (χ0v) is 15.0. The van der Waals surface area contributed by atoms with Crippen molar-refractivity contribution in [3.63, 3.8) is 0 Å². The van der Waals surface area contributed by atoms with Crippen LogP contribution < -0.4 is 5.32 Å². The lowest BCUT2D eigenvalue weighted by Gasteiger charge is -2.21. The number of H-pyrrole nitrogens is 1. The van der Waals surface area contributed by atoms with Crippen LogP contribution in [0.3, 0.4) is 0 Å². The van der Waals surface area contributed by atoms with E-state index >= 15 is 0 Å². The third-order valence-corrected chi connectivity index (χ3v) is 5.36. The van der Waals surface area contributed by atoms with Gasteiger partial charge in [0.15, 0.2) is 0 Å². The number of halogens is 2. The molecular formula is C19H17Cl2N3O. The fourth-order valence-corrected chi connectivity index (χ4v) is 3.64. The standard InChI is InChI=1S/C19H17Cl2N3O/c20-15-6-5-12(11-16(15)21)22-19(25)24-9-7-14-13-3-1-2-4-17(13)23-18(14)8-10-24/h1-6,11,23H,7-10H2,(H,22,25). The summed E-state index contributed by atoms with van der Waals surface area (Å²) < 4.78 is 0. The first-order valence-electron chi connectivity index (χ1n) is 8.21. The summed E-state index contributed by atoms with van der Waals surface area (Å²) in [5.41, 5.74) is 4.36. The highest BCUT2D eigenvalue weighted by Crippen LogP contribution is 2.27. The lowest BCUT2D eigenvalue weighted by atomic mass is 10.1. The molecule has 2 aromatic carbocycles. The first-order chi connectivity index (χ1) is 12.1. The summed E-state index contributed by atoms with van der Waals surface area (Å²) in [6.07, 6.45) is 1.66. The van der Waals surface area contributed by atoms with E-state index < -0.39 is 0 Å². The van der Waals surface area contributed by atoms with Crippen molar-refractivity contribution >= 4 is 45.8 Å². The minimum atomic E-state index is -0.118. The first-order valence-corrected chi connectivity index (χ1v) is 8.97. The van der Waals surface area contributed by atoms with Crippen LogP contribution in [0, 0.1) is 0 Å². The number of carbonyl (C=O) groups excluding carboxylic acids is 1. The highest BCUT2D eigenvalue weighted by molar-refractivity contribution is 6.42. The van der Waals surface area contributed by atoms with E-state index in [4.69, 9.17) is 23.2 Å². The molecule has 4 rings (SSSR count). The van der Waals surface area contributed by atoms with Gasteiger partial charge in [-0.1, -0.05) is 41.4 Å². The molecular weight excluding hydrogens is 357 g/mol. The van der Waals surface area contributed by atoms with E-state index in [0.29, 0.717) is 28.8 Å². The van der Waals surface area contributed by atoms with Gasteiger partial charge in [0.2, 0.25) is 0 Å². The maximum Gasteiger partial charge on any atom is 0.321 e. The van der Waals surface area contributed by atoms with Gasteiger partial charge in [0.1, 0.15) is 0 Å². The van der Waals surface area contributed by atoms with Gasteiger partial charge in [0, 0.05) is 41.8 Å². The van der Waals surface area contributed by atoms with Gasteiger partial charge in [0.25, 0.3) is 0 Å². The molecule has 0 unspecified atom stereocenters. The van der Waals surface area contributed by atoms with Crippen molar-refractivity contribution in [2.75, 3.05) is 18.4 Å². The average Bonchev–Trinajstić information content (AvgIpc) is 2.82. The molecule has 1 aliphatic heterocycles. The average molecular weight is 374 g/mol. The van der Waals surface area contributed by atoms with E-state index in [1.807, 2.05) is 11.0 Å². The number of anilines is 1. The molecule has 1 aromatic heterocycles. The van der Waals surface area contributed by atoms with Crippen molar-refractivity contribution in [2.24, 2.45) is 0 Å².